The van der Waals surface area contributed by atoms with Gasteiger partial charge in [0.15, 0.2) is 0 Å². The molecule has 0 aliphatic heterocycles. The Balaban J connectivity index is 1.55. The fourth-order valence-electron chi connectivity index (χ4n) is 2.14. The van der Waals surface area contributed by atoms with E-state index in [1.54, 1.807) is 6.20 Å². The molecule has 0 saturated heterocycles. The molecule has 3 aromatic rings. The summed E-state index contributed by atoms with van der Waals surface area (Å²) in [5, 5.41) is 6.74. The Kier molecular flexibility index (Phi) is 4.56. The first kappa shape index (κ1) is 14.4. The number of nitrogens with one attached hydrogen (secondary N) is 1. The fraction of sp³-hybridized carbons (Fsp3) is 0.118. The monoisotopic (exact) mass is 309 g/mol. The SMILES string of the molecule is O=C(CCc1ccccc1)Nc1ccc(-c2cnns2)cc1. The molecule has 0 unspecified atom stereocenters. The maximum absolute atomic E-state index is 12.0. The molecule has 2 aromatic carbocycles. The Bertz CT molecular complexity index is 724. The summed E-state index contributed by atoms with van der Waals surface area (Å²) in [5.74, 6) is 0.0241. The number of hydrogen-bond acceptors (Lipinski definition) is 4. The number of aromatic nitrogens is 2. The first-order valence-corrected chi connectivity index (χ1v) is 7.80. The molecule has 0 atom stereocenters. The smallest absolute Gasteiger partial charge is 0.224 e. The number of amides is 1. The van der Waals surface area contributed by atoms with E-state index < -0.39 is 0 Å². The van der Waals surface area contributed by atoms with E-state index in [9.17, 15) is 4.79 Å². The normalized spacial score (nSPS) is 10.4. The number of rotatable bonds is 5. The van der Waals surface area contributed by atoms with Crippen LogP contribution >= 0.6 is 11.5 Å². The van der Waals surface area contributed by atoms with Crippen LogP contribution in [0.25, 0.3) is 10.4 Å². The standard InChI is InChI=1S/C17H15N3OS/c21-17(11-6-13-4-2-1-3-5-13)19-15-9-7-14(8-10-15)16-12-18-20-22-16/h1-5,7-10,12H,6,11H2,(H,19,21). The molecule has 0 aliphatic carbocycles. The largest absolute Gasteiger partial charge is 0.326 e. The molecule has 0 bridgehead atoms. The Morgan fingerprint density at radius 1 is 1.05 bits per heavy atom. The van der Waals surface area contributed by atoms with Crippen molar-refractivity contribution < 1.29 is 4.79 Å². The lowest BCUT2D eigenvalue weighted by Crippen LogP contribution is -2.12. The van der Waals surface area contributed by atoms with E-state index in [0.29, 0.717) is 6.42 Å². The van der Waals surface area contributed by atoms with Gasteiger partial charge in [0.2, 0.25) is 5.91 Å². The van der Waals surface area contributed by atoms with E-state index in [-0.39, 0.29) is 5.91 Å². The minimum absolute atomic E-state index is 0.0241. The summed E-state index contributed by atoms with van der Waals surface area (Å²) in [7, 11) is 0. The van der Waals surface area contributed by atoms with Crippen LogP contribution in [0.15, 0.2) is 60.8 Å². The lowest BCUT2D eigenvalue weighted by atomic mass is 10.1. The molecule has 4 nitrogen and oxygen atoms in total. The quantitative estimate of drug-likeness (QED) is 0.780. The van der Waals surface area contributed by atoms with Gasteiger partial charge in [0, 0.05) is 12.1 Å². The number of carbonyl (C=O) groups is 1. The van der Waals surface area contributed by atoms with Gasteiger partial charge >= 0.3 is 0 Å². The lowest BCUT2D eigenvalue weighted by Gasteiger charge is -2.06. The Hall–Kier alpha value is -2.53. The molecule has 1 N–H and O–H groups in total. The van der Waals surface area contributed by atoms with E-state index in [4.69, 9.17) is 0 Å². The maximum atomic E-state index is 12.0. The number of anilines is 1. The molecular formula is C17H15N3OS. The van der Waals surface area contributed by atoms with Crippen LogP contribution < -0.4 is 5.32 Å². The topological polar surface area (TPSA) is 54.9 Å². The summed E-state index contributed by atoms with van der Waals surface area (Å²) in [6.45, 7) is 0. The van der Waals surface area contributed by atoms with Gasteiger partial charge in [-0.2, -0.15) is 0 Å². The minimum atomic E-state index is 0.0241. The van der Waals surface area contributed by atoms with Crippen molar-refractivity contribution in [2.45, 2.75) is 12.8 Å². The van der Waals surface area contributed by atoms with Gasteiger partial charge in [-0.1, -0.05) is 47.0 Å². The second kappa shape index (κ2) is 6.95. The molecule has 0 aliphatic rings. The molecule has 1 aromatic heterocycles. The minimum Gasteiger partial charge on any atom is -0.326 e. The van der Waals surface area contributed by atoms with Crippen LogP contribution in [-0.4, -0.2) is 15.5 Å². The van der Waals surface area contributed by atoms with Crippen LogP contribution in [0, 0.1) is 0 Å². The van der Waals surface area contributed by atoms with Crippen LogP contribution in [0.2, 0.25) is 0 Å². The average molecular weight is 309 g/mol. The third kappa shape index (κ3) is 3.77. The van der Waals surface area contributed by atoms with E-state index in [1.165, 1.54) is 17.1 Å². The van der Waals surface area contributed by atoms with Gasteiger partial charge in [0.05, 0.1) is 11.1 Å². The summed E-state index contributed by atoms with van der Waals surface area (Å²) in [6.07, 6.45) is 2.96. The number of benzene rings is 2. The summed E-state index contributed by atoms with van der Waals surface area (Å²) < 4.78 is 3.84. The van der Waals surface area contributed by atoms with Gasteiger partial charge in [0.25, 0.3) is 0 Å². The highest BCUT2D eigenvalue weighted by Gasteiger charge is 2.04. The number of nitrogens with zero attached hydrogens (tertiary/aromatic N) is 2. The van der Waals surface area contributed by atoms with Gasteiger partial charge < -0.3 is 5.32 Å². The van der Waals surface area contributed by atoms with Crippen LogP contribution in [0.1, 0.15) is 12.0 Å². The predicted molar refractivity (Wildman–Crippen MR) is 88.7 cm³/mol. The molecule has 0 saturated carbocycles. The summed E-state index contributed by atoms with van der Waals surface area (Å²) in [4.78, 5) is 13.0. The van der Waals surface area contributed by atoms with E-state index in [0.717, 1.165) is 22.5 Å². The van der Waals surface area contributed by atoms with Crippen molar-refractivity contribution >= 4 is 23.1 Å². The zero-order valence-electron chi connectivity index (χ0n) is 11.9. The van der Waals surface area contributed by atoms with Gasteiger partial charge in [-0.25, -0.2) is 0 Å². The van der Waals surface area contributed by atoms with E-state index >= 15 is 0 Å². The highest BCUT2D eigenvalue weighted by Crippen LogP contribution is 2.23. The number of hydrogen-bond donors (Lipinski definition) is 1. The van der Waals surface area contributed by atoms with Crippen molar-refractivity contribution in [1.29, 1.82) is 0 Å². The molecule has 5 heteroatoms. The van der Waals surface area contributed by atoms with Crippen LogP contribution in [0.3, 0.4) is 0 Å². The molecular weight excluding hydrogens is 294 g/mol. The number of carbonyl (C=O) groups excluding carboxylic acids is 1. The van der Waals surface area contributed by atoms with Crippen LogP contribution in [0.4, 0.5) is 5.69 Å². The Morgan fingerprint density at radius 2 is 1.82 bits per heavy atom. The molecule has 0 fully saturated rings. The van der Waals surface area contributed by atoms with Crippen molar-refractivity contribution in [3.8, 4) is 10.4 Å². The maximum Gasteiger partial charge on any atom is 0.224 e. The lowest BCUT2D eigenvalue weighted by molar-refractivity contribution is -0.116. The average Bonchev–Trinajstić information content (AvgIpc) is 3.09. The fourth-order valence-corrected chi connectivity index (χ4v) is 2.66. The van der Waals surface area contributed by atoms with Crippen molar-refractivity contribution in [1.82, 2.24) is 9.59 Å². The molecule has 1 heterocycles. The molecule has 3 rings (SSSR count). The third-order valence-corrected chi connectivity index (χ3v) is 4.01. The van der Waals surface area contributed by atoms with E-state index in [1.807, 2.05) is 54.6 Å². The Morgan fingerprint density at radius 3 is 2.50 bits per heavy atom. The predicted octanol–water partition coefficient (Wildman–Crippen LogP) is 3.78. The van der Waals surface area contributed by atoms with Gasteiger partial charge in [0.1, 0.15) is 0 Å². The zero-order valence-corrected chi connectivity index (χ0v) is 12.7. The first-order chi connectivity index (χ1) is 10.8. The second-order valence-corrected chi connectivity index (χ2v) is 5.68. The summed E-state index contributed by atoms with van der Waals surface area (Å²) in [6, 6.07) is 17.7. The Labute approximate surface area is 133 Å². The van der Waals surface area contributed by atoms with Gasteiger partial charge in [-0.15, -0.1) is 5.10 Å². The van der Waals surface area contributed by atoms with Crippen molar-refractivity contribution in [3.63, 3.8) is 0 Å². The van der Waals surface area contributed by atoms with Crippen molar-refractivity contribution in [2.24, 2.45) is 0 Å². The summed E-state index contributed by atoms with van der Waals surface area (Å²) in [5.41, 5.74) is 3.03. The van der Waals surface area contributed by atoms with Gasteiger partial charge in [-0.3, -0.25) is 4.79 Å². The zero-order chi connectivity index (χ0) is 15.2. The van der Waals surface area contributed by atoms with Crippen molar-refractivity contribution in [3.05, 3.63) is 66.4 Å². The van der Waals surface area contributed by atoms with E-state index in [2.05, 4.69) is 14.9 Å². The molecule has 110 valence electrons. The third-order valence-electron chi connectivity index (χ3n) is 3.30. The molecule has 0 radical (unpaired) electrons. The van der Waals surface area contributed by atoms with Crippen LogP contribution in [0.5, 0.6) is 0 Å². The molecule has 0 spiro atoms. The van der Waals surface area contributed by atoms with Crippen molar-refractivity contribution in [2.75, 3.05) is 5.32 Å². The van der Waals surface area contributed by atoms with Gasteiger partial charge in [-0.05, 0) is 41.2 Å². The molecule has 1 amide bonds. The highest BCUT2D eigenvalue weighted by atomic mass is 32.1. The highest BCUT2D eigenvalue weighted by molar-refractivity contribution is 7.09. The number of aryl methyl sites for hydroxylation is 1. The van der Waals surface area contributed by atoms with Crippen LogP contribution in [-0.2, 0) is 11.2 Å². The summed E-state index contributed by atoms with van der Waals surface area (Å²) >= 11 is 1.35. The first-order valence-electron chi connectivity index (χ1n) is 7.03. The molecule has 22 heavy (non-hydrogen) atoms. The second-order valence-electron chi connectivity index (χ2n) is 4.89.